The molecule has 1 N–H and O–H groups in total. The quantitative estimate of drug-likeness (QED) is 0.232. The van der Waals surface area contributed by atoms with Crippen LogP contribution in [-0.4, -0.2) is 16.7 Å². The SMILES string of the molecule is CCOP(=O)(Cc1ccc(-c2noc(C(F)(F)Cl)n2)cc1F)Nc1cc(F)cc(F)c1. The van der Waals surface area contributed by atoms with Crippen molar-refractivity contribution >= 4 is 24.8 Å². The fourth-order valence-electron chi connectivity index (χ4n) is 2.64. The van der Waals surface area contributed by atoms with E-state index in [1.807, 2.05) is 0 Å². The lowest BCUT2D eigenvalue weighted by atomic mass is 10.1. The first-order valence-electron chi connectivity index (χ1n) is 8.67. The third kappa shape index (κ3) is 5.81. The van der Waals surface area contributed by atoms with Crippen molar-refractivity contribution in [3.8, 4) is 11.4 Å². The molecule has 0 amide bonds. The number of rotatable bonds is 8. The second-order valence-electron chi connectivity index (χ2n) is 6.25. The van der Waals surface area contributed by atoms with Gasteiger partial charge in [-0.3, -0.25) is 4.57 Å². The van der Waals surface area contributed by atoms with Crippen molar-refractivity contribution in [1.29, 1.82) is 0 Å². The summed E-state index contributed by atoms with van der Waals surface area (Å²) in [6, 6.07) is 5.90. The summed E-state index contributed by atoms with van der Waals surface area (Å²) in [6.07, 6.45) is -0.470. The molecule has 0 saturated heterocycles. The van der Waals surface area contributed by atoms with E-state index in [0.29, 0.717) is 6.07 Å². The predicted octanol–water partition coefficient (Wildman–Crippen LogP) is 6.28. The molecule has 1 heterocycles. The molecule has 3 rings (SSSR count). The molecule has 0 fully saturated rings. The molecule has 1 unspecified atom stereocenters. The van der Waals surface area contributed by atoms with Gasteiger partial charge in [-0.2, -0.15) is 13.8 Å². The molecule has 0 aliphatic rings. The summed E-state index contributed by atoms with van der Waals surface area (Å²) in [5.41, 5.74) is -0.215. The lowest BCUT2D eigenvalue weighted by Gasteiger charge is -2.20. The van der Waals surface area contributed by atoms with Gasteiger partial charge in [0.2, 0.25) is 5.82 Å². The summed E-state index contributed by atoms with van der Waals surface area (Å²) in [5, 5.41) is 1.87. The molecule has 166 valence electrons. The zero-order valence-electron chi connectivity index (χ0n) is 15.7. The van der Waals surface area contributed by atoms with Crippen LogP contribution in [0, 0.1) is 17.5 Å². The maximum atomic E-state index is 14.6. The van der Waals surface area contributed by atoms with Gasteiger partial charge in [0, 0.05) is 17.3 Å². The van der Waals surface area contributed by atoms with Gasteiger partial charge >= 0.3 is 11.3 Å². The van der Waals surface area contributed by atoms with Gasteiger partial charge in [0.1, 0.15) is 17.5 Å². The van der Waals surface area contributed by atoms with Crippen LogP contribution in [0.25, 0.3) is 11.4 Å². The van der Waals surface area contributed by atoms with Gasteiger partial charge in [-0.1, -0.05) is 17.3 Å². The Bertz CT molecular complexity index is 1120. The lowest BCUT2D eigenvalue weighted by Crippen LogP contribution is -2.06. The minimum Gasteiger partial charge on any atom is -0.331 e. The second kappa shape index (κ2) is 8.94. The number of alkyl halides is 3. The van der Waals surface area contributed by atoms with Gasteiger partial charge in [-0.25, -0.2) is 13.2 Å². The number of nitrogens with zero attached hydrogens (tertiary/aromatic N) is 2. The van der Waals surface area contributed by atoms with Crippen molar-refractivity contribution in [2.75, 3.05) is 11.7 Å². The number of hydrogen-bond donors (Lipinski definition) is 1. The standard InChI is InChI=1S/C18H14ClF5N3O3P/c1-2-29-31(28,27-14-7-12(20)6-13(21)8-14)9-11-4-3-10(5-15(11)22)16-25-17(30-26-16)18(19,23)24/h3-8H,2,9H2,1H3,(H,27,28). The highest BCUT2D eigenvalue weighted by Crippen LogP contribution is 2.50. The Morgan fingerprint density at radius 3 is 2.39 bits per heavy atom. The summed E-state index contributed by atoms with van der Waals surface area (Å²) in [4.78, 5) is 3.41. The maximum absolute atomic E-state index is 14.6. The van der Waals surface area contributed by atoms with Crippen LogP contribution in [0.4, 0.5) is 27.6 Å². The molecular formula is C18H14ClF5N3O3P. The van der Waals surface area contributed by atoms with Crippen molar-refractivity contribution in [3.05, 3.63) is 65.3 Å². The fraction of sp³-hybridized carbons (Fsp3) is 0.222. The van der Waals surface area contributed by atoms with E-state index in [1.165, 1.54) is 12.1 Å². The monoisotopic (exact) mass is 481 g/mol. The molecular weight excluding hydrogens is 468 g/mol. The Morgan fingerprint density at radius 1 is 1.16 bits per heavy atom. The topological polar surface area (TPSA) is 77.2 Å². The van der Waals surface area contributed by atoms with E-state index >= 15 is 0 Å². The highest BCUT2D eigenvalue weighted by Gasteiger charge is 2.36. The molecule has 0 aliphatic carbocycles. The average molecular weight is 482 g/mol. The molecule has 0 spiro atoms. The van der Waals surface area contributed by atoms with Crippen LogP contribution in [0.3, 0.4) is 0 Å². The van der Waals surface area contributed by atoms with Gasteiger partial charge in [0.25, 0.3) is 7.52 Å². The van der Waals surface area contributed by atoms with Crippen molar-refractivity contribution < 1.29 is 35.6 Å². The van der Waals surface area contributed by atoms with E-state index in [0.717, 1.165) is 18.2 Å². The number of halogens is 6. The summed E-state index contributed by atoms with van der Waals surface area (Å²) in [5.74, 6) is -4.15. The fourth-order valence-corrected chi connectivity index (χ4v) is 4.59. The summed E-state index contributed by atoms with van der Waals surface area (Å²) in [6.45, 7) is 1.51. The smallest absolute Gasteiger partial charge is 0.331 e. The Labute approximate surface area is 177 Å². The van der Waals surface area contributed by atoms with Crippen molar-refractivity contribution in [1.82, 2.24) is 10.1 Å². The predicted molar refractivity (Wildman–Crippen MR) is 102 cm³/mol. The van der Waals surface area contributed by atoms with Gasteiger partial charge in [-0.05, 0) is 42.3 Å². The van der Waals surface area contributed by atoms with Gasteiger partial charge in [0.15, 0.2) is 0 Å². The number of nitrogens with one attached hydrogen (secondary N) is 1. The minimum absolute atomic E-state index is 0.00331. The molecule has 31 heavy (non-hydrogen) atoms. The molecule has 0 aliphatic heterocycles. The number of hydrogen-bond acceptors (Lipinski definition) is 5. The molecule has 2 aromatic carbocycles. The molecule has 0 radical (unpaired) electrons. The Hall–Kier alpha value is -2.49. The zero-order valence-corrected chi connectivity index (χ0v) is 17.4. The molecule has 0 bridgehead atoms. The Morgan fingerprint density at radius 2 is 1.84 bits per heavy atom. The lowest BCUT2D eigenvalue weighted by molar-refractivity contribution is 0.0551. The average Bonchev–Trinajstić information content (AvgIpc) is 3.13. The van der Waals surface area contributed by atoms with Crippen molar-refractivity contribution in [2.45, 2.75) is 18.5 Å². The van der Waals surface area contributed by atoms with Gasteiger partial charge in [-0.15, -0.1) is 0 Å². The van der Waals surface area contributed by atoms with Crippen LogP contribution >= 0.6 is 19.1 Å². The number of aromatic nitrogens is 2. The van der Waals surface area contributed by atoms with Crippen LogP contribution < -0.4 is 5.09 Å². The Balaban J connectivity index is 1.85. The summed E-state index contributed by atoms with van der Waals surface area (Å²) >= 11 is 4.80. The number of benzene rings is 2. The first-order valence-corrected chi connectivity index (χ1v) is 10.9. The van der Waals surface area contributed by atoms with E-state index in [4.69, 9.17) is 16.1 Å². The highest BCUT2D eigenvalue weighted by atomic mass is 35.5. The highest BCUT2D eigenvalue weighted by molar-refractivity contribution is 7.59. The van der Waals surface area contributed by atoms with Gasteiger partial charge in [0.05, 0.1) is 12.8 Å². The van der Waals surface area contributed by atoms with E-state index in [-0.39, 0.29) is 29.2 Å². The third-order valence-electron chi connectivity index (χ3n) is 3.86. The maximum Gasteiger partial charge on any atom is 0.400 e. The first-order chi connectivity index (χ1) is 14.5. The van der Waals surface area contributed by atoms with Crippen LogP contribution in [0.5, 0.6) is 0 Å². The minimum atomic E-state index is -3.88. The van der Waals surface area contributed by atoms with Crippen LogP contribution in [0.15, 0.2) is 40.9 Å². The van der Waals surface area contributed by atoms with Gasteiger partial charge < -0.3 is 14.1 Å². The normalized spacial score (nSPS) is 13.8. The first kappa shape index (κ1) is 23.2. The third-order valence-corrected chi connectivity index (χ3v) is 6.05. The van der Waals surface area contributed by atoms with E-state index in [9.17, 15) is 26.5 Å². The van der Waals surface area contributed by atoms with Crippen molar-refractivity contribution in [3.63, 3.8) is 0 Å². The molecule has 1 atom stereocenters. The summed E-state index contributed by atoms with van der Waals surface area (Å²) in [7, 11) is -3.82. The van der Waals surface area contributed by atoms with E-state index in [2.05, 4.69) is 19.8 Å². The van der Waals surface area contributed by atoms with Crippen molar-refractivity contribution in [2.24, 2.45) is 0 Å². The molecule has 13 heteroatoms. The molecule has 6 nitrogen and oxygen atoms in total. The zero-order chi connectivity index (χ0) is 22.8. The van der Waals surface area contributed by atoms with E-state index < -0.39 is 42.4 Å². The molecule has 1 aromatic heterocycles. The van der Waals surface area contributed by atoms with E-state index in [1.54, 1.807) is 6.92 Å². The number of anilines is 1. The Kier molecular flexibility index (Phi) is 6.68. The van der Waals surface area contributed by atoms with Crippen LogP contribution in [-0.2, 0) is 20.6 Å². The largest absolute Gasteiger partial charge is 0.400 e. The van der Waals surface area contributed by atoms with Crippen LogP contribution in [0.2, 0.25) is 0 Å². The van der Waals surface area contributed by atoms with Crippen LogP contribution in [0.1, 0.15) is 18.4 Å². The molecule has 3 aromatic rings. The molecule has 0 saturated carbocycles. The second-order valence-corrected chi connectivity index (χ2v) is 8.87. The summed E-state index contributed by atoms with van der Waals surface area (Å²) < 4.78 is 90.2.